The normalized spacial score (nSPS) is 15.2. The quantitative estimate of drug-likeness (QED) is 0.572. The zero-order chi connectivity index (χ0) is 9.78. The fraction of sp³-hybridized carbons (Fsp3) is 1.00. The van der Waals surface area contributed by atoms with Crippen molar-refractivity contribution < 1.29 is 17.2 Å². The van der Waals surface area contributed by atoms with E-state index in [0.717, 1.165) is 0 Å². The molecule has 0 aromatic rings. The Balaban J connectivity index is 4.12. The molecule has 1 atom stereocenters. The van der Waals surface area contributed by atoms with E-state index in [1.54, 1.807) is 0 Å². The van der Waals surface area contributed by atoms with E-state index in [1.165, 1.54) is 0 Å². The zero-order valence-corrected chi connectivity index (χ0v) is 9.80. The summed E-state index contributed by atoms with van der Waals surface area (Å²) in [6.07, 6.45) is 0. The minimum absolute atomic E-state index is 1.13. The Labute approximate surface area is 93.9 Å². The van der Waals surface area contributed by atoms with Crippen LogP contribution in [0.1, 0.15) is 0 Å². The summed E-state index contributed by atoms with van der Waals surface area (Å²) < 4.78 is 22.8. The molecule has 0 saturated heterocycles. The van der Waals surface area contributed by atoms with Crippen molar-refractivity contribution in [2.45, 2.75) is 10.4 Å². The van der Waals surface area contributed by atoms with Crippen molar-refractivity contribution in [1.82, 2.24) is 0 Å². The van der Waals surface area contributed by atoms with Crippen molar-refractivity contribution in [3.63, 3.8) is 0 Å². The first-order chi connectivity index (χ1) is 5.45. The van der Waals surface area contributed by atoms with Crippen LogP contribution in [-0.2, 0) is 17.2 Å². The molecule has 0 heterocycles. The van der Waals surface area contributed by atoms with Gasteiger partial charge in [-0.3, -0.25) is 4.52 Å². The van der Waals surface area contributed by atoms with Crippen molar-refractivity contribution in [1.29, 1.82) is 0 Å². The van der Waals surface area contributed by atoms with Crippen molar-refractivity contribution in [2.24, 2.45) is 0 Å². The number of halogens is 5. The second-order valence-electron chi connectivity index (χ2n) is 1.38. The minimum atomic E-state index is -4.06. The largest absolute Gasteiger partial charge is 0.509 e. The van der Waals surface area contributed by atoms with Crippen LogP contribution in [0.25, 0.3) is 0 Å². The van der Waals surface area contributed by atoms with E-state index in [4.69, 9.17) is 58.5 Å². The Kier molecular flexibility index (Phi) is 6.92. The smallest absolute Gasteiger partial charge is 0.263 e. The highest BCUT2D eigenvalue weighted by Gasteiger charge is 2.33. The van der Waals surface area contributed by atoms with E-state index in [2.05, 4.69) is 12.7 Å². The molecule has 4 nitrogen and oxygen atoms in total. The van der Waals surface area contributed by atoms with Gasteiger partial charge < -0.3 is 0 Å². The Morgan fingerprint density at radius 1 is 1.08 bits per heavy atom. The Morgan fingerprint density at radius 3 is 1.75 bits per heavy atom. The molecular weight excluding hydrogens is 296 g/mol. The van der Waals surface area contributed by atoms with Gasteiger partial charge >= 0.3 is 7.82 Å². The molecule has 10 heteroatoms. The molecule has 0 aliphatic carbocycles. The highest BCUT2D eigenvalue weighted by molar-refractivity contribution is 7.50. The molecule has 0 bridgehead atoms. The van der Waals surface area contributed by atoms with E-state index in [-0.39, 0.29) is 0 Å². The van der Waals surface area contributed by atoms with Crippen LogP contribution in [0, 0.1) is 0 Å². The van der Waals surface area contributed by atoms with Crippen LogP contribution in [0.4, 0.5) is 0 Å². The van der Waals surface area contributed by atoms with Gasteiger partial charge in [0, 0.05) is 0 Å². The Morgan fingerprint density at radius 2 is 1.50 bits per heavy atom. The first-order valence-corrected chi connectivity index (χ1v) is 5.65. The van der Waals surface area contributed by atoms with Gasteiger partial charge in [0.05, 0.1) is 23.7 Å². The third-order valence-electron chi connectivity index (χ3n) is 0.597. The van der Waals surface area contributed by atoms with E-state index < -0.39 is 18.2 Å². The molecule has 0 rings (SSSR count). The van der Waals surface area contributed by atoms with Gasteiger partial charge in [0.2, 0.25) is 0 Å². The average molecular weight is 298 g/mol. The van der Waals surface area contributed by atoms with Crippen LogP contribution >= 0.6 is 66.4 Å². The molecule has 74 valence electrons. The second-order valence-corrected chi connectivity index (χ2v) is 5.18. The minimum Gasteiger partial charge on any atom is -0.263 e. The summed E-state index contributed by atoms with van der Waals surface area (Å²) in [5, 5.41) is 0. The van der Waals surface area contributed by atoms with E-state index >= 15 is 0 Å². The van der Waals surface area contributed by atoms with E-state index in [9.17, 15) is 4.57 Å². The molecule has 0 saturated carbocycles. The molecule has 0 fully saturated rings. The third kappa shape index (κ3) is 4.70. The van der Waals surface area contributed by atoms with E-state index in [1.807, 2.05) is 0 Å². The summed E-state index contributed by atoms with van der Waals surface area (Å²) in [5.74, 6) is 0. The van der Waals surface area contributed by atoms with Gasteiger partial charge in [-0.1, -0.05) is 11.6 Å². The van der Waals surface area contributed by atoms with Gasteiger partial charge in [-0.15, -0.1) is 23.2 Å². The molecule has 0 aliphatic heterocycles. The highest BCUT2D eigenvalue weighted by Crippen LogP contribution is 2.54. The summed E-state index contributed by atoms with van der Waals surface area (Å²) in [7, 11) is -4.06. The van der Waals surface area contributed by atoms with Crippen molar-refractivity contribution in [3.8, 4) is 0 Å². The maximum atomic E-state index is 10.9. The number of alkyl halides is 3. The zero-order valence-electron chi connectivity index (χ0n) is 5.12. The van der Waals surface area contributed by atoms with Crippen LogP contribution in [0.15, 0.2) is 0 Å². The summed E-state index contributed by atoms with van der Waals surface area (Å²) in [6, 6.07) is 0. The number of hydrogen-bond acceptors (Lipinski definition) is 4. The number of phosphoric acid groups is 1. The second kappa shape index (κ2) is 6.12. The fourth-order valence-electron chi connectivity index (χ4n) is 0.213. The van der Waals surface area contributed by atoms with Gasteiger partial charge in [-0.2, -0.15) is 8.15 Å². The van der Waals surface area contributed by atoms with Crippen LogP contribution in [0.5, 0.6) is 0 Å². The molecule has 0 radical (unpaired) electrons. The van der Waals surface area contributed by atoms with Crippen molar-refractivity contribution in [3.05, 3.63) is 0 Å². The SMILES string of the molecule is O=P(OCl)(OCl)OC(Cl)C(Cl)Cl. The maximum Gasteiger partial charge on any atom is 0.509 e. The average Bonchev–Trinajstić information content (AvgIpc) is 2.04. The first kappa shape index (κ1) is 13.6. The lowest BCUT2D eigenvalue weighted by atomic mass is 10.8. The van der Waals surface area contributed by atoms with Crippen LogP contribution in [-0.4, -0.2) is 10.4 Å². The molecule has 0 N–H and O–H groups in total. The number of rotatable bonds is 5. The fourth-order valence-corrected chi connectivity index (χ4v) is 1.66. The van der Waals surface area contributed by atoms with Crippen LogP contribution in [0.3, 0.4) is 0 Å². The topological polar surface area (TPSA) is 44.8 Å². The first-order valence-electron chi connectivity index (χ1n) is 2.26. The Hall–Kier alpha value is 1.56. The van der Waals surface area contributed by atoms with Gasteiger partial charge in [0.15, 0.2) is 5.56 Å². The monoisotopic (exact) mass is 296 g/mol. The van der Waals surface area contributed by atoms with E-state index in [0.29, 0.717) is 0 Å². The molecule has 0 aromatic carbocycles. The molecule has 0 aromatic heterocycles. The molecule has 12 heavy (non-hydrogen) atoms. The summed E-state index contributed by atoms with van der Waals surface area (Å²) >= 11 is 25.2. The summed E-state index contributed by atoms with van der Waals surface area (Å²) in [6.45, 7) is 0. The Bertz CT molecular complexity index is 167. The van der Waals surface area contributed by atoms with Gasteiger partial charge in [-0.05, 0) is 0 Å². The highest BCUT2D eigenvalue weighted by atomic mass is 35.5. The van der Waals surface area contributed by atoms with Crippen molar-refractivity contribution >= 4 is 66.4 Å². The van der Waals surface area contributed by atoms with Gasteiger partial charge in [-0.25, -0.2) is 4.57 Å². The lowest BCUT2D eigenvalue weighted by Crippen LogP contribution is -2.11. The molecule has 0 amide bonds. The molecule has 0 aliphatic rings. The lowest BCUT2D eigenvalue weighted by molar-refractivity contribution is 0.206. The third-order valence-corrected chi connectivity index (χ3v) is 3.62. The van der Waals surface area contributed by atoms with Gasteiger partial charge in [0.1, 0.15) is 4.84 Å². The van der Waals surface area contributed by atoms with Crippen LogP contribution < -0.4 is 0 Å². The summed E-state index contributed by atoms with van der Waals surface area (Å²) in [4.78, 5) is -1.13. The molecular formula is C2H2Cl5O4P. The molecule has 0 spiro atoms. The lowest BCUT2D eigenvalue weighted by Gasteiger charge is -2.14. The van der Waals surface area contributed by atoms with Gasteiger partial charge in [0.25, 0.3) is 0 Å². The molecule has 1 unspecified atom stereocenters. The predicted molar refractivity (Wildman–Crippen MR) is 47.7 cm³/mol. The predicted octanol–water partition coefficient (Wildman–Crippen LogP) is 3.82. The summed E-state index contributed by atoms with van der Waals surface area (Å²) in [5.41, 5.74) is -1.31. The van der Waals surface area contributed by atoms with Crippen molar-refractivity contribution in [2.75, 3.05) is 0 Å². The standard InChI is InChI=1S/C2H2Cl5O4P/c3-1(4)2(5)9-12(8,10-6)11-7/h1-2H. The van der Waals surface area contributed by atoms with Crippen LogP contribution in [0.2, 0.25) is 0 Å². The maximum absolute atomic E-state index is 10.9. The number of hydrogen-bond donors (Lipinski definition) is 0.